The van der Waals surface area contributed by atoms with Gasteiger partial charge < -0.3 is 9.47 Å². The molecule has 0 radical (unpaired) electrons. The fraction of sp³-hybridized carbons (Fsp3) is 0.636. The van der Waals surface area contributed by atoms with E-state index in [9.17, 15) is 9.59 Å². The normalized spacial score (nSPS) is 10.6. The maximum atomic E-state index is 11.2. The Hall–Kier alpha value is -1.32. The lowest BCUT2D eigenvalue weighted by Crippen LogP contribution is -2.26. The lowest BCUT2D eigenvalue weighted by Gasteiger charge is -2.17. The standard InChI is InChI=1S/C11H18O4/c1-6-9(14-10(12)7(2)3)15-11(13)8(4)5/h6-9H,1H2,2-5H3. The van der Waals surface area contributed by atoms with Crippen LogP contribution < -0.4 is 0 Å². The Bertz CT molecular complexity index is 221. The van der Waals surface area contributed by atoms with E-state index in [2.05, 4.69) is 6.58 Å². The third kappa shape index (κ3) is 5.20. The third-order valence-electron chi connectivity index (χ3n) is 1.60. The number of rotatable bonds is 5. The molecule has 86 valence electrons. The zero-order chi connectivity index (χ0) is 12.0. The minimum atomic E-state index is -0.991. The first-order valence-corrected chi connectivity index (χ1v) is 4.92. The third-order valence-corrected chi connectivity index (χ3v) is 1.60. The van der Waals surface area contributed by atoms with Crippen molar-refractivity contribution in [2.24, 2.45) is 11.8 Å². The summed E-state index contributed by atoms with van der Waals surface area (Å²) in [4.78, 5) is 22.4. The molecule has 0 aliphatic rings. The van der Waals surface area contributed by atoms with Crippen LogP contribution in [0.25, 0.3) is 0 Å². The average Bonchev–Trinajstić information content (AvgIpc) is 2.15. The van der Waals surface area contributed by atoms with E-state index < -0.39 is 18.2 Å². The zero-order valence-corrected chi connectivity index (χ0v) is 9.65. The largest absolute Gasteiger partial charge is 0.421 e. The molecule has 0 N–H and O–H groups in total. The van der Waals surface area contributed by atoms with E-state index in [0.29, 0.717) is 0 Å². The molecular weight excluding hydrogens is 196 g/mol. The van der Waals surface area contributed by atoms with Gasteiger partial charge in [-0.2, -0.15) is 0 Å². The summed E-state index contributed by atoms with van der Waals surface area (Å²) in [6.45, 7) is 10.2. The molecule has 0 saturated carbocycles. The first-order chi connectivity index (χ1) is 6.88. The van der Waals surface area contributed by atoms with Gasteiger partial charge >= 0.3 is 11.9 Å². The minimum absolute atomic E-state index is 0.259. The van der Waals surface area contributed by atoms with Crippen LogP contribution in [0, 0.1) is 11.8 Å². The van der Waals surface area contributed by atoms with E-state index in [-0.39, 0.29) is 11.8 Å². The second-order valence-corrected chi connectivity index (χ2v) is 3.79. The molecule has 15 heavy (non-hydrogen) atoms. The summed E-state index contributed by atoms with van der Waals surface area (Å²) >= 11 is 0. The van der Waals surface area contributed by atoms with Crippen molar-refractivity contribution >= 4 is 11.9 Å². The second-order valence-electron chi connectivity index (χ2n) is 3.79. The van der Waals surface area contributed by atoms with Crippen LogP contribution in [0.2, 0.25) is 0 Å². The predicted molar refractivity (Wildman–Crippen MR) is 55.8 cm³/mol. The van der Waals surface area contributed by atoms with E-state index in [1.165, 1.54) is 6.08 Å². The minimum Gasteiger partial charge on any atom is -0.421 e. The summed E-state index contributed by atoms with van der Waals surface area (Å²) in [5.41, 5.74) is 0. The fourth-order valence-electron chi connectivity index (χ4n) is 0.621. The second kappa shape index (κ2) is 6.22. The molecular formula is C11H18O4. The van der Waals surface area contributed by atoms with Gasteiger partial charge in [0.2, 0.25) is 0 Å². The van der Waals surface area contributed by atoms with Gasteiger partial charge in [-0.15, -0.1) is 0 Å². The molecule has 0 bridgehead atoms. The Morgan fingerprint density at radius 3 is 1.53 bits per heavy atom. The quantitative estimate of drug-likeness (QED) is 0.398. The van der Waals surface area contributed by atoms with Crippen molar-refractivity contribution in [3.63, 3.8) is 0 Å². The van der Waals surface area contributed by atoms with Crippen LogP contribution in [-0.4, -0.2) is 18.2 Å². The number of esters is 2. The highest BCUT2D eigenvalue weighted by molar-refractivity contribution is 5.73. The Morgan fingerprint density at radius 2 is 1.33 bits per heavy atom. The van der Waals surface area contributed by atoms with Crippen LogP contribution in [0.15, 0.2) is 12.7 Å². The molecule has 0 fully saturated rings. The van der Waals surface area contributed by atoms with Crippen molar-refractivity contribution in [1.29, 1.82) is 0 Å². The topological polar surface area (TPSA) is 52.6 Å². The first kappa shape index (κ1) is 13.7. The molecule has 0 atom stereocenters. The molecule has 0 spiro atoms. The Balaban J connectivity index is 4.21. The van der Waals surface area contributed by atoms with Crippen LogP contribution in [-0.2, 0) is 19.1 Å². The van der Waals surface area contributed by atoms with E-state index in [1.807, 2.05) is 0 Å². The average molecular weight is 214 g/mol. The number of ether oxygens (including phenoxy) is 2. The summed E-state index contributed by atoms with van der Waals surface area (Å²) in [5, 5.41) is 0. The smallest absolute Gasteiger partial charge is 0.311 e. The maximum absolute atomic E-state index is 11.2. The van der Waals surface area contributed by atoms with Gasteiger partial charge in [0.1, 0.15) is 0 Å². The summed E-state index contributed by atoms with van der Waals surface area (Å²) < 4.78 is 9.76. The van der Waals surface area contributed by atoms with Crippen molar-refractivity contribution in [2.45, 2.75) is 34.0 Å². The summed E-state index contributed by atoms with van der Waals surface area (Å²) in [7, 11) is 0. The summed E-state index contributed by atoms with van der Waals surface area (Å²) in [6.07, 6.45) is 0.287. The highest BCUT2D eigenvalue weighted by atomic mass is 16.7. The lowest BCUT2D eigenvalue weighted by molar-refractivity contribution is -0.183. The van der Waals surface area contributed by atoms with Crippen LogP contribution in [0.5, 0.6) is 0 Å². The molecule has 4 nitrogen and oxygen atoms in total. The molecule has 0 unspecified atom stereocenters. The van der Waals surface area contributed by atoms with E-state index in [4.69, 9.17) is 9.47 Å². The molecule has 0 aliphatic carbocycles. The highest BCUT2D eigenvalue weighted by Gasteiger charge is 2.19. The molecule has 0 aromatic carbocycles. The van der Waals surface area contributed by atoms with E-state index in [0.717, 1.165) is 0 Å². The van der Waals surface area contributed by atoms with Crippen molar-refractivity contribution < 1.29 is 19.1 Å². The first-order valence-electron chi connectivity index (χ1n) is 4.92. The summed E-state index contributed by atoms with van der Waals surface area (Å²) in [6, 6.07) is 0. The zero-order valence-electron chi connectivity index (χ0n) is 9.65. The van der Waals surface area contributed by atoms with Gasteiger partial charge in [-0.25, -0.2) is 0 Å². The lowest BCUT2D eigenvalue weighted by atomic mass is 10.2. The number of carbonyl (C=O) groups excluding carboxylic acids is 2. The molecule has 0 aliphatic heterocycles. The molecule has 0 rings (SSSR count). The van der Waals surface area contributed by atoms with Gasteiger partial charge in [-0.3, -0.25) is 9.59 Å². The fourth-order valence-corrected chi connectivity index (χ4v) is 0.621. The van der Waals surface area contributed by atoms with Gasteiger partial charge in [-0.1, -0.05) is 34.3 Å². The Morgan fingerprint density at radius 1 is 1.00 bits per heavy atom. The Kier molecular flexibility index (Phi) is 5.67. The van der Waals surface area contributed by atoms with Gasteiger partial charge in [0, 0.05) is 0 Å². The highest BCUT2D eigenvalue weighted by Crippen LogP contribution is 2.06. The van der Waals surface area contributed by atoms with Crippen molar-refractivity contribution in [3.8, 4) is 0 Å². The molecule has 0 aromatic rings. The monoisotopic (exact) mass is 214 g/mol. The van der Waals surface area contributed by atoms with Crippen molar-refractivity contribution in [3.05, 3.63) is 12.7 Å². The van der Waals surface area contributed by atoms with Crippen LogP contribution in [0.1, 0.15) is 27.7 Å². The predicted octanol–water partition coefficient (Wildman–Crippen LogP) is 1.90. The van der Waals surface area contributed by atoms with Gasteiger partial charge in [0.25, 0.3) is 6.29 Å². The van der Waals surface area contributed by atoms with Crippen LogP contribution in [0.4, 0.5) is 0 Å². The van der Waals surface area contributed by atoms with Crippen LogP contribution >= 0.6 is 0 Å². The molecule has 0 saturated heterocycles. The number of carbonyl (C=O) groups is 2. The molecule has 0 amide bonds. The molecule has 4 heteroatoms. The molecule has 0 heterocycles. The number of hydrogen-bond acceptors (Lipinski definition) is 4. The van der Waals surface area contributed by atoms with E-state index in [1.54, 1.807) is 27.7 Å². The summed E-state index contributed by atoms with van der Waals surface area (Å²) in [5.74, 6) is -1.36. The Labute approximate surface area is 90.2 Å². The van der Waals surface area contributed by atoms with E-state index >= 15 is 0 Å². The van der Waals surface area contributed by atoms with Gasteiger partial charge in [0.05, 0.1) is 11.8 Å². The van der Waals surface area contributed by atoms with Crippen molar-refractivity contribution in [2.75, 3.05) is 0 Å². The molecule has 0 aromatic heterocycles. The maximum Gasteiger partial charge on any atom is 0.311 e. The van der Waals surface area contributed by atoms with Crippen LogP contribution in [0.3, 0.4) is 0 Å². The SMILES string of the molecule is C=CC(OC(=O)C(C)C)OC(=O)C(C)C. The number of hydrogen-bond donors (Lipinski definition) is 0. The van der Waals surface area contributed by atoms with Gasteiger partial charge in [-0.05, 0) is 6.08 Å². The van der Waals surface area contributed by atoms with Crippen molar-refractivity contribution in [1.82, 2.24) is 0 Å². The van der Waals surface area contributed by atoms with Gasteiger partial charge in [0.15, 0.2) is 0 Å².